The van der Waals surface area contributed by atoms with E-state index in [-0.39, 0.29) is 17.9 Å². The van der Waals surface area contributed by atoms with E-state index in [1.54, 1.807) is 18.6 Å². The van der Waals surface area contributed by atoms with Crippen LogP contribution in [0.3, 0.4) is 0 Å². The Labute approximate surface area is 154 Å². The SMILES string of the molecule is COC(=O)[C@H]1C[C@@](CC(C)C)(C(=O)OC(C)(C)C)N[C@H]1c1cnccn1. The summed E-state index contributed by atoms with van der Waals surface area (Å²) in [5.41, 5.74) is -0.978. The van der Waals surface area contributed by atoms with Crippen LogP contribution in [-0.4, -0.2) is 40.2 Å². The first-order chi connectivity index (χ1) is 12.1. The molecule has 1 N–H and O–H groups in total. The fourth-order valence-electron chi connectivity index (χ4n) is 3.51. The quantitative estimate of drug-likeness (QED) is 0.803. The molecule has 0 unspecified atom stereocenters. The summed E-state index contributed by atoms with van der Waals surface area (Å²) < 4.78 is 10.7. The molecule has 2 heterocycles. The minimum absolute atomic E-state index is 0.230. The zero-order valence-corrected chi connectivity index (χ0v) is 16.4. The van der Waals surface area contributed by atoms with Gasteiger partial charge in [0.15, 0.2) is 0 Å². The van der Waals surface area contributed by atoms with Crippen LogP contribution in [0.1, 0.15) is 59.2 Å². The summed E-state index contributed by atoms with van der Waals surface area (Å²) >= 11 is 0. The van der Waals surface area contributed by atoms with E-state index >= 15 is 0 Å². The average molecular weight is 363 g/mol. The Kier molecular flexibility index (Phi) is 6.01. The van der Waals surface area contributed by atoms with E-state index in [9.17, 15) is 9.59 Å². The summed E-state index contributed by atoms with van der Waals surface area (Å²) in [7, 11) is 1.35. The summed E-state index contributed by atoms with van der Waals surface area (Å²) in [5.74, 6) is -1.03. The minimum atomic E-state index is -0.970. The predicted octanol–water partition coefficient (Wildman–Crippen LogP) is 2.43. The lowest BCUT2D eigenvalue weighted by molar-refractivity contribution is -0.163. The van der Waals surface area contributed by atoms with Gasteiger partial charge in [-0.1, -0.05) is 13.8 Å². The van der Waals surface area contributed by atoms with Gasteiger partial charge in [-0.3, -0.25) is 24.9 Å². The van der Waals surface area contributed by atoms with Crippen molar-refractivity contribution in [3.8, 4) is 0 Å². The van der Waals surface area contributed by atoms with Crippen LogP contribution in [0, 0.1) is 11.8 Å². The van der Waals surface area contributed by atoms with Crippen molar-refractivity contribution in [2.24, 2.45) is 11.8 Å². The van der Waals surface area contributed by atoms with Crippen molar-refractivity contribution >= 4 is 11.9 Å². The van der Waals surface area contributed by atoms with Crippen LogP contribution in [0.25, 0.3) is 0 Å². The van der Waals surface area contributed by atoms with Gasteiger partial charge < -0.3 is 9.47 Å². The van der Waals surface area contributed by atoms with Crippen LogP contribution in [0.2, 0.25) is 0 Å². The molecule has 7 nitrogen and oxygen atoms in total. The van der Waals surface area contributed by atoms with Gasteiger partial charge in [-0.05, 0) is 39.5 Å². The van der Waals surface area contributed by atoms with E-state index in [1.807, 2.05) is 34.6 Å². The zero-order valence-electron chi connectivity index (χ0n) is 16.4. The van der Waals surface area contributed by atoms with Crippen molar-refractivity contribution in [3.63, 3.8) is 0 Å². The third kappa shape index (κ3) is 4.58. The van der Waals surface area contributed by atoms with Crippen LogP contribution in [0.5, 0.6) is 0 Å². The maximum atomic E-state index is 13.1. The Balaban J connectivity index is 2.42. The first-order valence-electron chi connectivity index (χ1n) is 8.93. The number of carbonyl (C=O) groups excluding carboxylic acids is 2. The molecule has 0 saturated carbocycles. The van der Waals surface area contributed by atoms with Gasteiger partial charge in [-0.25, -0.2) is 0 Å². The highest BCUT2D eigenvalue weighted by atomic mass is 16.6. The van der Waals surface area contributed by atoms with Crippen molar-refractivity contribution in [1.82, 2.24) is 15.3 Å². The molecule has 0 radical (unpaired) electrons. The van der Waals surface area contributed by atoms with Gasteiger partial charge in [0.1, 0.15) is 11.1 Å². The van der Waals surface area contributed by atoms with E-state index in [1.165, 1.54) is 7.11 Å². The lowest BCUT2D eigenvalue weighted by Gasteiger charge is -2.33. The van der Waals surface area contributed by atoms with Crippen LogP contribution in [-0.2, 0) is 19.1 Å². The van der Waals surface area contributed by atoms with E-state index in [2.05, 4.69) is 15.3 Å². The largest absolute Gasteiger partial charge is 0.469 e. The second kappa shape index (κ2) is 7.70. The number of rotatable bonds is 5. The molecule has 1 aliphatic heterocycles. The van der Waals surface area contributed by atoms with E-state index in [0.29, 0.717) is 18.5 Å². The molecule has 3 atom stereocenters. The highest BCUT2D eigenvalue weighted by Crippen LogP contribution is 2.42. The van der Waals surface area contributed by atoms with Gasteiger partial charge in [0.2, 0.25) is 0 Å². The molecule has 1 saturated heterocycles. The highest BCUT2D eigenvalue weighted by molar-refractivity contribution is 5.84. The Morgan fingerprint density at radius 3 is 2.54 bits per heavy atom. The summed E-state index contributed by atoms with van der Waals surface area (Å²) in [6.45, 7) is 9.58. The summed E-state index contributed by atoms with van der Waals surface area (Å²) in [6.07, 6.45) is 5.59. The number of hydrogen-bond donors (Lipinski definition) is 1. The fourth-order valence-corrected chi connectivity index (χ4v) is 3.51. The van der Waals surface area contributed by atoms with Gasteiger partial charge in [-0.15, -0.1) is 0 Å². The summed E-state index contributed by atoms with van der Waals surface area (Å²) in [4.78, 5) is 33.9. The summed E-state index contributed by atoms with van der Waals surface area (Å²) in [5, 5.41) is 3.36. The molecule has 0 aromatic carbocycles. The first kappa shape index (κ1) is 20.3. The Hall–Kier alpha value is -2.02. The van der Waals surface area contributed by atoms with E-state index in [4.69, 9.17) is 9.47 Å². The van der Waals surface area contributed by atoms with Crippen LogP contribution in [0.4, 0.5) is 0 Å². The summed E-state index contributed by atoms with van der Waals surface area (Å²) in [6, 6.07) is -0.456. The number of hydrogen-bond acceptors (Lipinski definition) is 7. The number of esters is 2. The molecule has 7 heteroatoms. The highest BCUT2D eigenvalue weighted by Gasteiger charge is 2.55. The van der Waals surface area contributed by atoms with E-state index < -0.39 is 23.1 Å². The molecule has 0 bridgehead atoms. The zero-order chi connectivity index (χ0) is 19.5. The number of methoxy groups -OCH3 is 1. The molecule has 1 aliphatic rings. The second-order valence-electron chi connectivity index (χ2n) is 8.27. The van der Waals surface area contributed by atoms with Gasteiger partial charge >= 0.3 is 11.9 Å². The second-order valence-corrected chi connectivity index (χ2v) is 8.27. The lowest BCUT2D eigenvalue weighted by atomic mass is 9.84. The molecule has 0 amide bonds. The molecule has 0 spiro atoms. The number of ether oxygens (including phenoxy) is 2. The van der Waals surface area contributed by atoms with Gasteiger partial charge in [0, 0.05) is 18.6 Å². The lowest BCUT2D eigenvalue weighted by Crippen LogP contribution is -2.52. The number of aromatic nitrogens is 2. The minimum Gasteiger partial charge on any atom is -0.469 e. The molecule has 1 aromatic rings. The van der Waals surface area contributed by atoms with Crippen molar-refractivity contribution < 1.29 is 19.1 Å². The number of carbonyl (C=O) groups is 2. The fraction of sp³-hybridized carbons (Fsp3) is 0.684. The van der Waals surface area contributed by atoms with Crippen molar-refractivity contribution in [2.75, 3.05) is 7.11 Å². The average Bonchev–Trinajstić information content (AvgIpc) is 2.93. The standard InChI is InChI=1S/C19H29N3O4/c1-12(2)9-19(17(24)26-18(3,4)5)10-13(16(23)25-6)15(22-19)14-11-20-7-8-21-14/h7-8,11-13,15,22H,9-10H2,1-6H3/t13-,15+,19-/m0/s1. The molecule has 2 rings (SSSR count). The Morgan fingerprint density at radius 1 is 1.35 bits per heavy atom. The maximum Gasteiger partial charge on any atom is 0.326 e. The monoisotopic (exact) mass is 363 g/mol. The smallest absolute Gasteiger partial charge is 0.326 e. The number of nitrogens with one attached hydrogen (secondary N) is 1. The van der Waals surface area contributed by atoms with Crippen molar-refractivity contribution in [1.29, 1.82) is 0 Å². The maximum absolute atomic E-state index is 13.1. The molecule has 1 aromatic heterocycles. The normalized spacial score (nSPS) is 26.0. The number of nitrogens with zero attached hydrogens (tertiary/aromatic N) is 2. The van der Waals surface area contributed by atoms with Gasteiger partial charge in [0.05, 0.1) is 24.8 Å². The Bertz CT molecular complexity index is 642. The molecule has 144 valence electrons. The first-order valence-corrected chi connectivity index (χ1v) is 8.93. The molecule has 0 aliphatic carbocycles. The van der Waals surface area contributed by atoms with Crippen LogP contribution in [0.15, 0.2) is 18.6 Å². The molecule has 1 fully saturated rings. The Morgan fingerprint density at radius 2 is 2.04 bits per heavy atom. The van der Waals surface area contributed by atoms with Crippen LogP contribution >= 0.6 is 0 Å². The predicted molar refractivity (Wildman–Crippen MR) is 96.1 cm³/mol. The van der Waals surface area contributed by atoms with Gasteiger partial charge in [0.25, 0.3) is 0 Å². The van der Waals surface area contributed by atoms with Gasteiger partial charge in [-0.2, -0.15) is 0 Å². The van der Waals surface area contributed by atoms with Crippen molar-refractivity contribution in [3.05, 3.63) is 24.3 Å². The topological polar surface area (TPSA) is 90.4 Å². The van der Waals surface area contributed by atoms with E-state index in [0.717, 1.165) is 0 Å². The third-order valence-corrected chi connectivity index (χ3v) is 4.35. The van der Waals surface area contributed by atoms with Crippen molar-refractivity contribution in [2.45, 2.75) is 64.6 Å². The van der Waals surface area contributed by atoms with Crippen LogP contribution < -0.4 is 5.32 Å². The third-order valence-electron chi connectivity index (χ3n) is 4.35. The molecule has 26 heavy (non-hydrogen) atoms. The molecular formula is C19H29N3O4. The molecular weight excluding hydrogens is 334 g/mol.